The van der Waals surface area contributed by atoms with Gasteiger partial charge in [-0.3, -0.25) is 4.79 Å². The van der Waals surface area contributed by atoms with Gasteiger partial charge in [-0.15, -0.1) is 11.3 Å². The molecule has 0 atom stereocenters. The van der Waals surface area contributed by atoms with Crippen molar-refractivity contribution >= 4 is 38.9 Å². The molecule has 0 unspecified atom stereocenters. The molecule has 0 aliphatic heterocycles. The number of hydrogen-bond acceptors (Lipinski definition) is 4. The number of pyridine rings is 1. The fourth-order valence-electron chi connectivity index (χ4n) is 2.50. The first-order valence-corrected chi connectivity index (χ1v) is 7.40. The van der Waals surface area contributed by atoms with E-state index in [4.69, 9.17) is 0 Å². The molecule has 0 saturated heterocycles. The van der Waals surface area contributed by atoms with Gasteiger partial charge in [-0.05, 0) is 24.3 Å². The number of benzene rings is 1. The fraction of sp³-hybridized carbons (Fsp3) is 0.0625. The smallest absolute Gasteiger partial charge is 0.152 e. The van der Waals surface area contributed by atoms with Gasteiger partial charge < -0.3 is 4.57 Å². The summed E-state index contributed by atoms with van der Waals surface area (Å²) in [5.41, 5.74) is 2.50. The minimum Gasteiger partial charge on any atom is -0.325 e. The lowest BCUT2D eigenvalue weighted by Crippen LogP contribution is -1.98. The summed E-state index contributed by atoms with van der Waals surface area (Å²) in [6.07, 6.45) is 4.46. The predicted octanol–water partition coefficient (Wildman–Crippen LogP) is 3.51. The molecule has 1 aromatic carbocycles. The van der Waals surface area contributed by atoms with Crippen LogP contribution in [-0.2, 0) is 6.54 Å². The maximum absolute atomic E-state index is 11.2. The highest BCUT2D eigenvalue weighted by atomic mass is 32.1. The molecule has 5 heteroatoms. The average Bonchev–Trinajstić information content (AvgIpc) is 3.08. The van der Waals surface area contributed by atoms with Crippen molar-refractivity contribution in [3.8, 4) is 0 Å². The van der Waals surface area contributed by atoms with E-state index in [9.17, 15) is 4.79 Å². The van der Waals surface area contributed by atoms with Crippen LogP contribution in [0.3, 0.4) is 0 Å². The van der Waals surface area contributed by atoms with Crippen molar-refractivity contribution in [2.45, 2.75) is 6.54 Å². The van der Waals surface area contributed by atoms with Gasteiger partial charge >= 0.3 is 0 Å². The molecule has 0 aliphatic rings. The van der Waals surface area contributed by atoms with Gasteiger partial charge in [-0.1, -0.05) is 12.1 Å². The van der Waals surface area contributed by atoms with Crippen LogP contribution in [0, 0.1) is 0 Å². The molecule has 21 heavy (non-hydrogen) atoms. The summed E-state index contributed by atoms with van der Waals surface area (Å²) in [5.74, 6) is 0. The minimum absolute atomic E-state index is 0.626. The number of para-hydroxylation sites is 1. The SMILES string of the molecule is O=Cc1cn(Cc2nc3ccccc3s2)c2ncccc12. The second kappa shape index (κ2) is 4.79. The first-order chi connectivity index (χ1) is 10.3. The van der Waals surface area contributed by atoms with Crippen LogP contribution in [0.2, 0.25) is 0 Å². The third-order valence-corrected chi connectivity index (χ3v) is 4.46. The number of fused-ring (bicyclic) bond motifs is 2. The molecule has 3 aromatic heterocycles. The summed E-state index contributed by atoms with van der Waals surface area (Å²) < 4.78 is 3.16. The molecule has 4 aromatic rings. The Balaban J connectivity index is 1.81. The molecule has 4 rings (SSSR count). The van der Waals surface area contributed by atoms with Crippen molar-refractivity contribution < 1.29 is 4.79 Å². The lowest BCUT2D eigenvalue weighted by Gasteiger charge is -2.00. The third-order valence-electron chi connectivity index (χ3n) is 3.44. The van der Waals surface area contributed by atoms with Crippen molar-refractivity contribution in [1.82, 2.24) is 14.5 Å². The molecule has 102 valence electrons. The first-order valence-electron chi connectivity index (χ1n) is 6.58. The van der Waals surface area contributed by atoms with Crippen molar-refractivity contribution in [3.63, 3.8) is 0 Å². The fourth-order valence-corrected chi connectivity index (χ4v) is 3.46. The van der Waals surface area contributed by atoms with Crippen LogP contribution >= 0.6 is 11.3 Å². The topological polar surface area (TPSA) is 47.8 Å². The highest BCUT2D eigenvalue weighted by Crippen LogP contribution is 2.24. The second-order valence-corrected chi connectivity index (χ2v) is 5.90. The Morgan fingerprint density at radius 2 is 2.10 bits per heavy atom. The van der Waals surface area contributed by atoms with E-state index in [2.05, 4.69) is 16.0 Å². The molecule has 3 heterocycles. The highest BCUT2D eigenvalue weighted by molar-refractivity contribution is 7.18. The second-order valence-electron chi connectivity index (χ2n) is 4.78. The molecule has 0 amide bonds. The Morgan fingerprint density at radius 3 is 2.95 bits per heavy atom. The lowest BCUT2D eigenvalue weighted by molar-refractivity contribution is 0.112. The summed E-state index contributed by atoms with van der Waals surface area (Å²) in [7, 11) is 0. The van der Waals surface area contributed by atoms with Crippen molar-refractivity contribution in [2.24, 2.45) is 0 Å². The van der Waals surface area contributed by atoms with Gasteiger partial charge in [0.1, 0.15) is 10.7 Å². The van der Waals surface area contributed by atoms with Crippen LogP contribution in [0.1, 0.15) is 15.4 Å². The summed E-state index contributed by atoms with van der Waals surface area (Å²) in [6.45, 7) is 0.626. The zero-order valence-corrected chi connectivity index (χ0v) is 11.9. The van der Waals surface area contributed by atoms with Gasteiger partial charge in [-0.25, -0.2) is 9.97 Å². The van der Waals surface area contributed by atoms with Crippen molar-refractivity contribution in [3.05, 3.63) is 59.4 Å². The van der Waals surface area contributed by atoms with E-state index in [0.717, 1.165) is 27.8 Å². The highest BCUT2D eigenvalue weighted by Gasteiger charge is 2.11. The zero-order chi connectivity index (χ0) is 14.2. The van der Waals surface area contributed by atoms with Gasteiger partial charge in [0.2, 0.25) is 0 Å². The van der Waals surface area contributed by atoms with Crippen molar-refractivity contribution in [1.29, 1.82) is 0 Å². The van der Waals surface area contributed by atoms with Gasteiger partial charge in [0.05, 0.1) is 16.8 Å². The summed E-state index contributed by atoms with van der Waals surface area (Å²) in [5, 5.41) is 1.89. The molecule has 0 bridgehead atoms. The quantitative estimate of drug-likeness (QED) is 0.543. The van der Waals surface area contributed by atoms with E-state index in [1.165, 1.54) is 4.70 Å². The average molecular weight is 293 g/mol. The van der Waals surface area contributed by atoms with E-state index in [-0.39, 0.29) is 0 Å². The number of aromatic nitrogens is 3. The molecule has 0 aliphatic carbocycles. The lowest BCUT2D eigenvalue weighted by atomic mass is 10.2. The number of thiazole rings is 1. The Labute approximate surface area is 124 Å². The van der Waals surface area contributed by atoms with Gasteiger partial charge in [0, 0.05) is 23.3 Å². The Morgan fingerprint density at radius 1 is 1.19 bits per heavy atom. The standard InChI is InChI=1S/C16H11N3OS/c20-10-11-8-19(16-12(11)4-3-7-17-16)9-15-18-13-5-1-2-6-14(13)21-15/h1-8,10H,9H2. The maximum atomic E-state index is 11.2. The molecular weight excluding hydrogens is 282 g/mol. The number of rotatable bonds is 3. The van der Waals surface area contributed by atoms with Crippen LogP contribution in [0.5, 0.6) is 0 Å². The minimum atomic E-state index is 0.626. The maximum Gasteiger partial charge on any atom is 0.152 e. The number of hydrogen-bond donors (Lipinski definition) is 0. The predicted molar refractivity (Wildman–Crippen MR) is 83.8 cm³/mol. The van der Waals surface area contributed by atoms with E-state index in [1.807, 2.05) is 41.1 Å². The van der Waals surface area contributed by atoms with Crippen LogP contribution in [0.25, 0.3) is 21.3 Å². The van der Waals surface area contributed by atoms with Crippen LogP contribution in [-0.4, -0.2) is 20.8 Å². The van der Waals surface area contributed by atoms with Gasteiger partial charge in [0.15, 0.2) is 6.29 Å². The monoisotopic (exact) mass is 293 g/mol. The summed E-state index contributed by atoms with van der Waals surface area (Å²) >= 11 is 1.67. The molecule has 0 fully saturated rings. The number of nitrogens with zero attached hydrogens (tertiary/aromatic N) is 3. The summed E-state index contributed by atoms with van der Waals surface area (Å²) in [6, 6.07) is 11.8. The van der Waals surface area contributed by atoms with Crippen LogP contribution in [0.15, 0.2) is 48.8 Å². The number of aldehydes is 1. The van der Waals surface area contributed by atoms with Crippen LogP contribution < -0.4 is 0 Å². The molecule has 4 nitrogen and oxygen atoms in total. The van der Waals surface area contributed by atoms with E-state index in [1.54, 1.807) is 17.5 Å². The number of carbonyl (C=O) groups is 1. The Bertz CT molecular complexity index is 921. The zero-order valence-electron chi connectivity index (χ0n) is 11.1. The molecule has 0 radical (unpaired) electrons. The van der Waals surface area contributed by atoms with E-state index < -0.39 is 0 Å². The first kappa shape index (κ1) is 12.2. The van der Waals surface area contributed by atoms with Gasteiger partial charge in [-0.2, -0.15) is 0 Å². The number of carbonyl (C=O) groups excluding carboxylic acids is 1. The molecule has 0 spiro atoms. The Hall–Kier alpha value is -2.53. The molecule has 0 saturated carbocycles. The molecule has 0 N–H and O–H groups in total. The molecular formula is C16H11N3OS. The largest absolute Gasteiger partial charge is 0.325 e. The van der Waals surface area contributed by atoms with Crippen LogP contribution in [0.4, 0.5) is 0 Å². The van der Waals surface area contributed by atoms with Gasteiger partial charge in [0.25, 0.3) is 0 Å². The van der Waals surface area contributed by atoms with E-state index in [0.29, 0.717) is 12.1 Å². The summed E-state index contributed by atoms with van der Waals surface area (Å²) in [4.78, 5) is 20.2. The van der Waals surface area contributed by atoms with Crippen molar-refractivity contribution in [2.75, 3.05) is 0 Å². The third kappa shape index (κ3) is 2.02. The Kier molecular flexibility index (Phi) is 2.79. The van der Waals surface area contributed by atoms with E-state index >= 15 is 0 Å². The normalized spacial score (nSPS) is 11.2.